The standard InChI is InChI=1S/C13H16N2O2/c1-9(2)17-11-6-4-3-5-10(11)12(16)13-14-7-8-15-13/h3-9,12,16H,1-2H3,(H,14,15). The second-order valence-corrected chi connectivity index (χ2v) is 4.08. The van der Waals surface area contributed by atoms with Crippen LogP contribution in [0.25, 0.3) is 0 Å². The molecule has 1 unspecified atom stereocenters. The van der Waals surface area contributed by atoms with Crippen LogP contribution in [0.3, 0.4) is 0 Å². The molecule has 0 saturated carbocycles. The molecule has 0 aliphatic heterocycles. The van der Waals surface area contributed by atoms with Crippen molar-refractivity contribution in [1.82, 2.24) is 9.97 Å². The van der Waals surface area contributed by atoms with Crippen LogP contribution in [-0.2, 0) is 0 Å². The molecule has 0 radical (unpaired) electrons. The van der Waals surface area contributed by atoms with Crippen molar-refractivity contribution in [1.29, 1.82) is 0 Å². The fourth-order valence-electron chi connectivity index (χ4n) is 1.64. The largest absolute Gasteiger partial charge is 0.491 e. The molecule has 4 heteroatoms. The highest BCUT2D eigenvalue weighted by Crippen LogP contribution is 2.28. The molecular weight excluding hydrogens is 216 g/mol. The number of para-hydroxylation sites is 1. The van der Waals surface area contributed by atoms with E-state index in [0.29, 0.717) is 11.6 Å². The van der Waals surface area contributed by atoms with Gasteiger partial charge >= 0.3 is 0 Å². The number of nitrogens with zero attached hydrogens (tertiary/aromatic N) is 1. The zero-order valence-electron chi connectivity index (χ0n) is 9.92. The van der Waals surface area contributed by atoms with E-state index in [2.05, 4.69) is 9.97 Å². The minimum atomic E-state index is -0.792. The number of aromatic amines is 1. The molecule has 0 amide bonds. The average Bonchev–Trinajstić information content (AvgIpc) is 2.81. The lowest BCUT2D eigenvalue weighted by atomic mass is 10.1. The molecule has 0 bridgehead atoms. The summed E-state index contributed by atoms with van der Waals surface area (Å²) in [5.74, 6) is 1.20. The topological polar surface area (TPSA) is 58.1 Å². The van der Waals surface area contributed by atoms with E-state index in [1.54, 1.807) is 12.4 Å². The molecule has 17 heavy (non-hydrogen) atoms. The first-order valence-corrected chi connectivity index (χ1v) is 5.61. The van der Waals surface area contributed by atoms with Crippen LogP contribution in [0, 0.1) is 0 Å². The summed E-state index contributed by atoms with van der Waals surface area (Å²) in [7, 11) is 0. The maximum atomic E-state index is 10.2. The Morgan fingerprint density at radius 2 is 2.06 bits per heavy atom. The molecule has 0 aliphatic rings. The fourth-order valence-corrected chi connectivity index (χ4v) is 1.64. The molecule has 2 rings (SSSR count). The van der Waals surface area contributed by atoms with Crippen LogP contribution in [0.4, 0.5) is 0 Å². The number of ether oxygens (including phenoxy) is 1. The van der Waals surface area contributed by atoms with Gasteiger partial charge in [-0.15, -0.1) is 0 Å². The van der Waals surface area contributed by atoms with E-state index in [-0.39, 0.29) is 6.10 Å². The average molecular weight is 232 g/mol. The SMILES string of the molecule is CC(C)Oc1ccccc1C(O)c1ncc[nH]1. The van der Waals surface area contributed by atoms with Crippen LogP contribution in [0.5, 0.6) is 5.75 Å². The molecular formula is C13H16N2O2. The molecule has 0 aliphatic carbocycles. The minimum absolute atomic E-state index is 0.0694. The van der Waals surface area contributed by atoms with Gasteiger partial charge in [0.05, 0.1) is 6.10 Å². The third-order valence-electron chi connectivity index (χ3n) is 2.35. The van der Waals surface area contributed by atoms with Crippen LogP contribution in [0.1, 0.15) is 31.3 Å². The summed E-state index contributed by atoms with van der Waals surface area (Å²) in [5.41, 5.74) is 0.719. The van der Waals surface area contributed by atoms with E-state index in [9.17, 15) is 5.11 Å². The Bertz CT molecular complexity index is 466. The van der Waals surface area contributed by atoms with Crippen LogP contribution in [-0.4, -0.2) is 21.2 Å². The number of hydrogen-bond acceptors (Lipinski definition) is 3. The van der Waals surface area contributed by atoms with Crippen molar-refractivity contribution in [3.05, 3.63) is 48.0 Å². The highest BCUT2D eigenvalue weighted by atomic mass is 16.5. The molecule has 1 aromatic heterocycles. The fraction of sp³-hybridized carbons (Fsp3) is 0.308. The van der Waals surface area contributed by atoms with Crippen LogP contribution >= 0.6 is 0 Å². The van der Waals surface area contributed by atoms with E-state index in [0.717, 1.165) is 5.56 Å². The number of hydrogen-bond donors (Lipinski definition) is 2. The van der Waals surface area contributed by atoms with Gasteiger partial charge in [-0.2, -0.15) is 0 Å². The first-order valence-electron chi connectivity index (χ1n) is 5.61. The Balaban J connectivity index is 2.31. The van der Waals surface area contributed by atoms with E-state index >= 15 is 0 Å². The van der Waals surface area contributed by atoms with Gasteiger partial charge in [0.15, 0.2) is 0 Å². The first-order chi connectivity index (χ1) is 8.18. The number of aliphatic hydroxyl groups excluding tert-OH is 1. The number of aromatic nitrogens is 2. The van der Waals surface area contributed by atoms with E-state index < -0.39 is 6.10 Å². The molecule has 1 aromatic carbocycles. The van der Waals surface area contributed by atoms with Gasteiger partial charge in [0.2, 0.25) is 0 Å². The van der Waals surface area contributed by atoms with Gasteiger partial charge in [-0.25, -0.2) is 4.98 Å². The van der Waals surface area contributed by atoms with E-state index in [1.807, 2.05) is 38.1 Å². The van der Waals surface area contributed by atoms with Gasteiger partial charge in [-0.1, -0.05) is 18.2 Å². The van der Waals surface area contributed by atoms with Gasteiger partial charge in [0.25, 0.3) is 0 Å². The van der Waals surface area contributed by atoms with Crippen LogP contribution in [0.15, 0.2) is 36.7 Å². The van der Waals surface area contributed by atoms with Crippen molar-refractivity contribution in [2.24, 2.45) is 0 Å². The summed E-state index contributed by atoms with van der Waals surface area (Å²) in [4.78, 5) is 6.95. The molecule has 1 atom stereocenters. The third-order valence-corrected chi connectivity index (χ3v) is 2.35. The number of H-pyrrole nitrogens is 1. The minimum Gasteiger partial charge on any atom is -0.491 e. The Morgan fingerprint density at radius 3 is 2.71 bits per heavy atom. The van der Waals surface area contributed by atoms with Crippen LogP contribution in [0.2, 0.25) is 0 Å². The molecule has 2 aromatic rings. The summed E-state index contributed by atoms with van der Waals surface area (Å²) < 4.78 is 5.66. The summed E-state index contributed by atoms with van der Waals surface area (Å²) in [6.45, 7) is 3.91. The zero-order valence-corrected chi connectivity index (χ0v) is 9.92. The van der Waals surface area contributed by atoms with Crippen molar-refractivity contribution in [3.8, 4) is 5.75 Å². The molecule has 2 N–H and O–H groups in total. The number of aliphatic hydroxyl groups is 1. The van der Waals surface area contributed by atoms with Crippen molar-refractivity contribution in [3.63, 3.8) is 0 Å². The number of imidazole rings is 1. The molecule has 1 heterocycles. The predicted octanol–water partition coefficient (Wildman–Crippen LogP) is 2.28. The first kappa shape index (κ1) is 11.7. The summed E-state index contributed by atoms with van der Waals surface area (Å²) >= 11 is 0. The lowest BCUT2D eigenvalue weighted by Crippen LogP contribution is -2.10. The van der Waals surface area contributed by atoms with Crippen molar-refractivity contribution >= 4 is 0 Å². The molecule has 0 fully saturated rings. The van der Waals surface area contributed by atoms with Crippen LogP contribution < -0.4 is 4.74 Å². The quantitative estimate of drug-likeness (QED) is 0.850. The molecule has 90 valence electrons. The summed E-state index contributed by atoms with van der Waals surface area (Å²) in [6, 6.07) is 7.44. The van der Waals surface area contributed by atoms with Crippen molar-refractivity contribution in [2.75, 3.05) is 0 Å². The highest BCUT2D eigenvalue weighted by Gasteiger charge is 2.17. The maximum absolute atomic E-state index is 10.2. The summed E-state index contributed by atoms with van der Waals surface area (Å²) in [5, 5.41) is 10.2. The molecule has 0 saturated heterocycles. The Kier molecular flexibility index (Phi) is 3.44. The Labute approximate surface area is 100 Å². The number of nitrogens with one attached hydrogen (secondary N) is 1. The smallest absolute Gasteiger partial charge is 0.140 e. The lowest BCUT2D eigenvalue weighted by molar-refractivity contribution is 0.192. The molecule has 0 spiro atoms. The van der Waals surface area contributed by atoms with Gasteiger partial charge in [-0.3, -0.25) is 0 Å². The molecule has 4 nitrogen and oxygen atoms in total. The lowest BCUT2D eigenvalue weighted by Gasteiger charge is -2.16. The maximum Gasteiger partial charge on any atom is 0.140 e. The van der Waals surface area contributed by atoms with Gasteiger partial charge in [-0.05, 0) is 19.9 Å². The second-order valence-electron chi connectivity index (χ2n) is 4.08. The van der Waals surface area contributed by atoms with E-state index in [1.165, 1.54) is 0 Å². The van der Waals surface area contributed by atoms with Gasteiger partial charge in [0.1, 0.15) is 17.7 Å². The third kappa shape index (κ3) is 2.65. The summed E-state index contributed by atoms with van der Waals surface area (Å²) in [6.07, 6.45) is 2.58. The normalized spacial score (nSPS) is 12.7. The van der Waals surface area contributed by atoms with E-state index in [4.69, 9.17) is 4.74 Å². The second kappa shape index (κ2) is 5.01. The van der Waals surface area contributed by atoms with Gasteiger partial charge < -0.3 is 14.8 Å². The monoisotopic (exact) mass is 232 g/mol. The van der Waals surface area contributed by atoms with Gasteiger partial charge in [0, 0.05) is 18.0 Å². The zero-order chi connectivity index (χ0) is 12.3. The number of rotatable bonds is 4. The predicted molar refractivity (Wildman–Crippen MR) is 64.9 cm³/mol. The Morgan fingerprint density at radius 1 is 1.29 bits per heavy atom. The highest BCUT2D eigenvalue weighted by molar-refractivity contribution is 5.37. The Hall–Kier alpha value is -1.81. The van der Waals surface area contributed by atoms with Crippen molar-refractivity contribution in [2.45, 2.75) is 26.1 Å². The number of benzene rings is 1. The van der Waals surface area contributed by atoms with Crippen molar-refractivity contribution < 1.29 is 9.84 Å².